The molecule has 1 aromatic heterocycles. The molecule has 1 unspecified atom stereocenters. The first-order valence-electron chi connectivity index (χ1n) is 7.13. The van der Waals surface area contributed by atoms with Crippen LogP contribution in [0.1, 0.15) is 32.8 Å². The van der Waals surface area contributed by atoms with E-state index in [1.807, 2.05) is 4.90 Å². The van der Waals surface area contributed by atoms with Crippen LogP contribution >= 0.6 is 0 Å². The van der Waals surface area contributed by atoms with Gasteiger partial charge in [-0.25, -0.2) is 4.98 Å². The molecule has 1 fully saturated rings. The highest BCUT2D eigenvalue weighted by molar-refractivity contribution is 5.51. The van der Waals surface area contributed by atoms with Crippen LogP contribution in [-0.4, -0.2) is 25.1 Å². The van der Waals surface area contributed by atoms with Crippen LogP contribution in [0.3, 0.4) is 0 Å². The molecule has 2 rings (SSSR count). The maximum atomic E-state index is 13.0. The first-order chi connectivity index (χ1) is 9.61. The summed E-state index contributed by atoms with van der Waals surface area (Å²) in [5.74, 6) is 1.12. The summed E-state index contributed by atoms with van der Waals surface area (Å²) in [6, 6.07) is 2.19. The Morgan fingerprint density at radius 1 is 1.24 bits per heavy atom. The number of aromatic nitrogens is 1. The Morgan fingerprint density at radius 3 is 2.38 bits per heavy atom. The van der Waals surface area contributed by atoms with Crippen molar-refractivity contribution in [2.24, 2.45) is 11.3 Å². The maximum absolute atomic E-state index is 13.0. The van der Waals surface area contributed by atoms with Gasteiger partial charge in [0, 0.05) is 20.1 Å². The van der Waals surface area contributed by atoms with Crippen LogP contribution in [0.5, 0.6) is 0 Å². The van der Waals surface area contributed by atoms with E-state index in [9.17, 15) is 13.2 Å². The van der Waals surface area contributed by atoms with E-state index in [4.69, 9.17) is 0 Å². The van der Waals surface area contributed by atoms with Gasteiger partial charge in [-0.1, -0.05) is 20.8 Å². The molecule has 118 valence electrons. The number of pyridine rings is 1. The fraction of sp³-hybridized carbons (Fsp3) is 0.667. The highest BCUT2D eigenvalue weighted by atomic mass is 19.4. The van der Waals surface area contributed by atoms with Crippen LogP contribution in [0.2, 0.25) is 0 Å². The number of halogens is 3. The molecule has 0 spiro atoms. The minimum Gasteiger partial charge on any atom is -0.373 e. The first-order valence-corrected chi connectivity index (χ1v) is 7.13. The Bertz CT molecular complexity index is 506. The fourth-order valence-electron chi connectivity index (χ4n) is 2.64. The van der Waals surface area contributed by atoms with Crippen molar-refractivity contribution < 1.29 is 13.2 Å². The molecule has 0 amide bonds. The number of anilines is 2. The number of hydrogen-bond donors (Lipinski definition) is 1. The molecule has 0 aromatic carbocycles. The Kier molecular flexibility index (Phi) is 4.08. The molecule has 1 saturated heterocycles. The SMILES string of the molecule is CNc1cc(C(F)(F)F)cc(N2CCC(C(C)(C)C)C2)n1. The summed E-state index contributed by atoms with van der Waals surface area (Å²) in [5, 5.41) is 2.71. The second-order valence-corrected chi connectivity index (χ2v) is 6.64. The van der Waals surface area contributed by atoms with Gasteiger partial charge in [0.25, 0.3) is 0 Å². The summed E-state index contributed by atoms with van der Waals surface area (Å²) in [7, 11) is 1.58. The van der Waals surface area contributed by atoms with E-state index in [1.165, 1.54) is 0 Å². The van der Waals surface area contributed by atoms with Crippen LogP contribution in [-0.2, 0) is 6.18 Å². The van der Waals surface area contributed by atoms with E-state index in [0.717, 1.165) is 31.6 Å². The van der Waals surface area contributed by atoms with E-state index >= 15 is 0 Å². The normalized spacial score (nSPS) is 20.0. The Balaban J connectivity index is 2.28. The standard InChI is InChI=1S/C15H22F3N3/c1-14(2,3)10-5-6-21(9-10)13-8-11(15(16,17)18)7-12(19-4)20-13/h7-8,10H,5-6,9H2,1-4H3,(H,19,20). The van der Waals surface area contributed by atoms with Gasteiger partial charge in [0.15, 0.2) is 0 Å². The summed E-state index contributed by atoms with van der Waals surface area (Å²) in [5.41, 5.74) is -0.501. The second-order valence-electron chi connectivity index (χ2n) is 6.64. The minimum absolute atomic E-state index is 0.155. The zero-order chi connectivity index (χ0) is 15.8. The largest absolute Gasteiger partial charge is 0.416 e. The molecule has 1 aromatic rings. The van der Waals surface area contributed by atoms with Gasteiger partial charge in [-0.15, -0.1) is 0 Å². The zero-order valence-electron chi connectivity index (χ0n) is 12.9. The molecule has 1 N–H and O–H groups in total. The predicted octanol–water partition coefficient (Wildman–Crippen LogP) is 4.01. The highest BCUT2D eigenvalue weighted by Gasteiger charge is 2.35. The van der Waals surface area contributed by atoms with Gasteiger partial charge < -0.3 is 10.2 Å². The van der Waals surface area contributed by atoms with Crippen LogP contribution in [0.15, 0.2) is 12.1 Å². The molecular weight excluding hydrogens is 279 g/mol. The molecule has 0 radical (unpaired) electrons. The third kappa shape index (κ3) is 3.60. The lowest BCUT2D eigenvalue weighted by molar-refractivity contribution is -0.137. The van der Waals surface area contributed by atoms with Crippen LogP contribution in [0, 0.1) is 11.3 Å². The molecule has 2 heterocycles. The van der Waals surface area contributed by atoms with Gasteiger partial charge in [-0.3, -0.25) is 0 Å². The van der Waals surface area contributed by atoms with Crippen molar-refractivity contribution in [3.63, 3.8) is 0 Å². The van der Waals surface area contributed by atoms with E-state index in [-0.39, 0.29) is 11.2 Å². The van der Waals surface area contributed by atoms with Gasteiger partial charge in [-0.2, -0.15) is 13.2 Å². The minimum atomic E-state index is -4.35. The molecular formula is C15H22F3N3. The third-order valence-corrected chi connectivity index (χ3v) is 4.13. The summed E-state index contributed by atoms with van der Waals surface area (Å²) < 4.78 is 38.9. The van der Waals surface area contributed by atoms with Crippen molar-refractivity contribution in [1.82, 2.24) is 4.98 Å². The lowest BCUT2D eigenvalue weighted by Crippen LogP contribution is -2.26. The quantitative estimate of drug-likeness (QED) is 0.894. The summed E-state index contributed by atoms with van der Waals surface area (Å²) in [6.45, 7) is 8.00. The maximum Gasteiger partial charge on any atom is 0.416 e. The molecule has 0 aliphatic carbocycles. The smallest absolute Gasteiger partial charge is 0.373 e. The third-order valence-electron chi connectivity index (χ3n) is 4.13. The van der Waals surface area contributed by atoms with Gasteiger partial charge in [0.2, 0.25) is 0 Å². The fourth-order valence-corrected chi connectivity index (χ4v) is 2.64. The number of nitrogens with one attached hydrogen (secondary N) is 1. The van der Waals surface area contributed by atoms with Crippen molar-refractivity contribution in [2.75, 3.05) is 30.4 Å². The number of nitrogens with zero attached hydrogens (tertiary/aromatic N) is 2. The number of rotatable bonds is 2. The van der Waals surface area contributed by atoms with Crippen LogP contribution in [0.4, 0.5) is 24.8 Å². The summed E-state index contributed by atoms with van der Waals surface area (Å²) in [6.07, 6.45) is -3.37. The molecule has 0 saturated carbocycles. The topological polar surface area (TPSA) is 28.2 Å². The Hall–Kier alpha value is -1.46. The highest BCUT2D eigenvalue weighted by Crippen LogP contribution is 2.37. The molecule has 1 aliphatic heterocycles. The number of hydrogen-bond acceptors (Lipinski definition) is 3. The summed E-state index contributed by atoms with van der Waals surface area (Å²) in [4.78, 5) is 6.23. The molecule has 1 atom stereocenters. The second kappa shape index (κ2) is 5.39. The number of alkyl halides is 3. The van der Waals surface area contributed by atoms with E-state index in [0.29, 0.717) is 11.7 Å². The van der Waals surface area contributed by atoms with Gasteiger partial charge >= 0.3 is 6.18 Å². The molecule has 1 aliphatic rings. The van der Waals surface area contributed by atoms with Crippen molar-refractivity contribution in [1.29, 1.82) is 0 Å². The average molecular weight is 301 g/mol. The Labute approximate surface area is 123 Å². The van der Waals surface area contributed by atoms with Gasteiger partial charge in [0.1, 0.15) is 11.6 Å². The van der Waals surface area contributed by atoms with Crippen molar-refractivity contribution >= 4 is 11.6 Å². The lowest BCUT2D eigenvalue weighted by Gasteiger charge is -2.27. The van der Waals surface area contributed by atoms with Crippen molar-refractivity contribution in [2.45, 2.75) is 33.4 Å². The van der Waals surface area contributed by atoms with Gasteiger partial charge in [0.05, 0.1) is 5.56 Å². The first kappa shape index (κ1) is 15.9. The van der Waals surface area contributed by atoms with Gasteiger partial charge in [-0.05, 0) is 29.9 Å². The molecule has 0 bridgehead atoms. The van der Waals surface area contributed by atoms with Crippen molar-refractivity contribution in [3.05, 3.63) is 17.7 Å². The molecule has 21 heavy (non-hydrogen) atoms. The van der Waals surface area contributed by atoms with Crippen LogP contribution < -0.4 is 10.2 Å². The predicted molar refractivity (Wildman–Crippen MR) is 78.6 cm³/mol. The van der Waals surface area contributed by atoms with Crippen molar-refractivity contribution in [3.8, 4) is 0 Å². The Morgan fingerprint density at radius 2 is 1.90 bits per heavy atom. The average Bonchev–Trinajstić information content (AvgIpc) is 2.86. The van der Waals surface area contributed by atoms with Crippen LogP contribution in [0.25, 0.3) is 0 Å². The van der Waals surface area contributed by atoms with E-state index in [2.05, 4.69) is 31.1 Å². The van der Waals surface area contributed by atoms with E-state index < -0.39 is 11.7 Å². The lowest BCUT2D eigenvalue weighted by atomic mass is 9.80. The zero-order valence-corrected chi connectivity index (χ0v) is 12.9. The van der Waals surface area contributed by atoms with E-state index in [1.54, 1.807) is 7.05 Å². The molecule has 3 nitrogen and oxygen atoms in total. The monoisotopic (exact) mass is 301 g/mol. The molecule has 6 heteroatoms. The summed E-state index contributed by atoms with van der Waals surface area (Å²) >= 11 is 0.